The van der Waals surface area contributed by atoms with E-state index in [1.807, 2.05) is 0 Å². The average molecular weight is 328 g/mol. The van der Waals surface area contributed by atoms with E-state index in [4.69, 9.17) is 0 Å². The molecule has 8 nitrogen and oxygen atoms in total. The molecule has 1 aromatic heterocycles. The van der Waals surface area contributed by atoms with Gasteiger partial charge in [-0.25, -0.2) is 0 Å². The zero-order valence-corrected chi connectivity index (χ0v) is 12.8. The molecule has 1 aromatic carbocycles. The molecular formula is C16H16N4O4. The fourth-order valence-corrected chi connectivity index (χ4v) is 1.92. The van der Waals surface area contributed by atoms with Crippen molar-refractivity contribution in [2.75, 3.05) is 6.54 Å². The number of nitrogens with zero attached hydrogens (tertiary/aromatic N) is 2. The summed E-state index contributed by atoms with van der Waals surface area (Å²) >= 11 is 0. The van der Waals surface area contributed by atoms with Gasteiger partial charge in [0.1, 0.15) is 0 Å². The molecule has 1 heterocycles. The zero-order chi connectivity index (χ0) is 17.4. The van der Waals surface area contributed by atoms with Gasteiger partial charge in [0.25, 0.3) is 11.6 Å². The standard InChI is InChI=1S/C16H16N4O4/c21-15(19-11-12-5-8-17-9-6-12)7-10-18-16(22)13-1-3-14(4-2-13)20(23)24/h1-6,8-9H,7,10-11H2,(H,18,22)(H,19,21). The minimum absolute atomic E-state index is 0.0814. The van der Waals surface area contributed by atoms with Crippen LogP contribution in [0.3, 0.4) is 0 Å². The van der Waals surface area contributed by atoms with Crippen LogP contribution in [0.2, 0.25) is 0 Å². The maximum absolute atomic E-state index is 11.9. The normalized spacial score (nSPS) is 10.0. The van der Waals surface area contributed by atoms with Gasteiger partial charge in [0, 0.05) is 49.6 Å². The lowest BCUT2D eigenvalue weighted by Crippen LogP contribution is -2.30. The van der Waals surface area contributed by atoms with E-state index in [9.17, 15) is 19.7 Å². The van der Waals surface area contributed by atoms with Gasteiger partial charge in [0.2, 0.25) is 5.91 Å². The number of pyridine rings is 1. The van der Waals surface area contributed by atoms with Gasteiger partial charge in [0.15, 0.2) is 0 Å². The Balaban J connectivity index is 1.72. The minimum atomic E-state index is -0.533. The van der Waals surface area contributed by atoms with Crippen molar-refractivity contribution in [1.82, 2.24) is 15.6 Å². The Bertz CT molecular complexity index is 717. The molecule has 2 aromatic rings. The van der Waals surface area contributed by atoms with Crippen LogP contribution in [0.4, 0.5) is 5.69 Å². The number of rotatable bonds is 7. The van der Waals surface area contributed by atoms with Gasteiger partial charge < -0.3 is 10.6 Å². The molecule has 0 unspecified atom stereocenters. The predicted molar refractivity (Wildman–Crippen MR) is 86.1 cm³/mol. The molecule has 0 aliphatic rings. The van der Waals surface area contributed by atoms with Crippen molar-refractivity contribution in [2.24, 2.45) is 0 Å². The van der Waals surface area contributed by atoms with Crippen LogP contribution in [0.25, 0.3) is 0 Å². The number of amides is 2. The van der Waals surface area contributed by atoms with Gasteiger partial charge >= 0.3 is 0 Å². The lowest BCUT2D eigenvalue weighted by atomic mass is 10.2. The van der Waals surface area contributed by atoms with Crippen LogP contribution in [-0.4, -0.2) is 28.3 Å². The fraction of sp³-hybridized carbons (Fsp3) is 0.188. The second kappa shape index (κ2) is 8.37. The predicted octanol–water partition coefficient (Wildman–Crippen LogP) is 1.43. The molecule has 2 rings (SSSR count). The van der Waals surface area contributed by atoms with Gasteiger partial charge in [-0.15, -0.1) is 0 Å². The van der Waals surface area contributed by atoms with E-state index in [2.05, 4.69) is 15.6 Å². The largest absolute Gasteiger partial charge is 0.352 e. The fourth-order valence-electron chi connectivity index (χ4n) is 1.92. The Morgan fingerprint density at radius 2 is 1.71 bits per heavy atom. The van der Waals surface area contributed by atoms with E-state index >= 15 is 0 Å². The number of non-ortho nitro benzene ring substituents is 1. The molecule has 0 fully saturated rings. The number of nitro benzene ring substituents is 1. The first kappa shape index (κ1) is 17.1. The Labute approximate surface area is 138 Å². The molecule has 0 radical (unpaired) electrons. The van der Waals surface area contributed by atoms with Gasteiger partial charge in [-0.05, 0) is 29.8 Å². The van der Waals surface area contributed by atoms with Crippen molar-refractivity contribution < 1.29 is 14.5 Å². The molecule has 24 heavy (non-hydrogen) atoms. The number of carbonyl (C=O) groups excluding carboxylic acids is 2. The lowest BCUT2D eigenvalue weighted by molar-refractivity contribution is -0.384. The Kier molecular flexibility index (Phi) is 5.95. The SMILES string of the molecule is O=C(CCNC(=O)c1ccc([N+](=O)[O-])cc1)NCc1ccncc1. The quantitative estimate of drug-likeness (QED) is 0.589. The summed E-state index contributed by atoms with van der Waals surface area (Å²) in [5, 5.41) is 15.9. The summed E-state index contributed by atoms with van der Waals surface area (Å²) in [5.74, 6) is -0.567. The summed E-state index contributed by atoms with van der Waals surface area (Å²) in [5.41, 5.74) is 1.16. The maximum atomic E-state index is 11.9. The van der Waals surface area contributed by atoms with Gasteiger partial charge in [0.05, 0.1) is 4.92 Å². The number of hydrogen-bond donors (Lipinski definition) is 2. The molecule has 0 aliphatic carbocycles. The van der Waals surface area contributed by atoms with Crippen LogP contribution in [0, 0.1) is 10.1 Å². The molecule has 0 saturated carbocycles. The first-order valence-corrected chi connectivity index (χ1v) is 7.24. The number of nitro groups is 1. The van der Waals surface area contributed by atoms with Gasteiger partial charge in [-0.1, -0.05) is 0 Å². The third-order valence-corrected chi connectivity index (χ3v) is 3.22. The monoisotopic (exact) mass is 328 g/mol. The molecule has 0 spiro atoms. The Hall–Kier alpha value is -3.29. The van der Waals surface area contributed by atoms with E-state index in [1.54, 1.807) is 24.5 Å². The second-order valence-electron chi connectivity index (χ2n) is 4.94. The highest BCUT2D eigenvalue weighted by Gasteiger charge is 2.09. The number of nitrogens with one attached hydrogen (secondary N) is 2. The van der Waals surface area contributed by atoms with E-state index < -0.39 is 4.92 Å². The summed E-state index contributed by atoms with van der Waals surface area (Å²) in [6, 6.07) is 8.87. The average Bonchev–Trinajstić information content (AvgIpc) is 2.61. The van der Waals surface area contributed by atoms with E-state index in [-0.39, 0.29) is 30.5 Å². The summed E-state index contributed by atoms with van der Waals surface area (Å²) < 4.78 is 0. The molecule has 2 amide bonds. The van der Waals surface area contributed by atoms with E-state index in [0.717, 1.165) is 5.56 Å². The van der Waals surface area contributed by atoms with Crippen LogP contribution in [0.5, 0.6) is 0 Å². The molecular weight excluding hydrogens is 312 g/mol. The Morgan fingerprint density at radius 3 is 2.33 bits per heavy atom. The molecule has 0 bridgehead atoms. The minimum Gasteiger partial charge on any atom is -0.352 e. The first-order valence-electron chi connectivity index (χ1n) is 7.24. The van der Waals surface area contributed by atoms with Gasteiger partial charge in [-0.2, -0.15) is 0 Å². The lowest BCUT2D eigenvalue weighted by Gasteiger charge is -2.07. The molecule has 0 saturated heterocycles. The molecule has 0 aliphatic heterocycles. The number of carbonyl (C=O) groups is 2. The number of benzene rings is 1. The van der Waals surface area contributed by atoms with Crippen LogP contribution in [0.1, 0.15) is 22.3 Å². The van der Waals surface area contributed by atoms with E-state index in [1.165, 1.54) is 24.3 Å². The number of aromatic nitrogens is 1. The van der Waals surface area contributed by atoms with Crippen LogP contribution in [0.15, 0.2) is 48.8 Å². The van der Waals surface area contributed by atoms with Crippen LogP contribution < -0.4 is 10.6 Å². The summed E-state index contributed by atoms with van der Waals surface area (Å²) in [4.78, 5) is 37.5. The third kappa shape index (κ3) is 5.16. The van der Waals surface area contributed by atoms with Crippen molar-refractivity contribution in [3.63, 3.8) is 0 Å². The highest BCUT2D eigenvalue weighted by atomic mass is 16.6. The summed E-state index contributed by atoms with van der Waals surface area (Å²) in [7, 11) is 0. The second-order valence-corrected chi connectivity index (χ2v) is 4.94. The highest BCUT2D eigenvalue weighted by Crippen LogP contribution is 2.11. The smallest absolute Gasteiger partial charge is 0.269 e. The number of hydrogen-bond acceptors (Lipinski definition) is 5. The summed E-state index contributed by atoms with van der Waals surface area (Å²) in [6.07, 6.45) is 3.43. The molecule has 8 heteroatoms. The molecule has 124 valence electrons. The first-order chi connectivity index (χ1) is 11.6. The van der Waals surface area contributed by atoms with Crippen LogP contribution in [-0.2, 0) is 11.3 Å². The topological polar surface area (TPSA) is 114 Å². The van der Waals surface area contributed by atoms with Crippen molar-refractivity contribution in [2.45, 2.75) is 13.0 Å². The summed E-state index contributed by atoms with van der Waals surface area (Å²) in [6.45, 7) is 0.579. The van der Waals surface area contributed by atoms with Crippen molar-refractivity contribution >= 4 is 17.5 Å². The van der Waals surface area contributed by atoms with Crippen molar-refractivity contribution in [3.05, 3.63) is 70.0 Å². The zero-order valence-electron chi connectivity index (χ0n) is 12.8. The highest BCUT2D eigenvalue weighted by molar-refractivity contribution is 5.94. The Morgan fingerprint density at radius 1 is 1.04 bits per heavy atom. The van der Waals surface area contributed by atoms with Gasteiger partial charge in [-0.3, -0.25) is 24.7 Å². The van der Waals surface area contributed by atoms with Crippen molar-refractivity contribution in [1.29, 1.82) is 0 Å². The van der Waals surface area contributed by atoms with Crippen molar-refractivity contribution in [3.8, 4) is 0 Å². The molecule has 2 N–H and O–H groups in total. The maximum Gasteiger partial charge on any atom is 0.269 e. The van der Waals surface area contributed by atoms with Crippen LogP contribution >= 0.6 is 0 Å². The molecule has 0 atom stereocenters. The third-order valence-electron chi connectivity index (χ3n) is 3.22. The van der Waals surface area contributed by atoms with E-state index in [0.29, 0.717) is 12.1 Å².